The van der Waals surface area contributed by atoms with Crippen molar-refractivity contribution in [2.75, 3.05) is 6.54 Å². The van der Waals surface area contributed by atoms with Gasteiger partial charge in [0.25, 0.3) is 0 Å². The molecule has 0 heterocycles. The molecule has 0 aliphatic heterocycles. The minimum Gasteiger partial charge on any atom is -0.302 e. The summed E-state index contributed by atoms with van der Waals surface area (Å²) in [4.78, 5) is 0. The molecule has 1 rings (SSSR count). The van der Waals surface area contributed by atoms with Gasteiger partial charge in [-0.05, 0) is 10.8 Å². The Morgan fingerprint density at radius 3 is 2.00 bits per heavy atom. The normalized spacial score (nSPS) is 26.1. The lowest BCUT2D eigenvalue weighted by atomic mass is 10.0. The first-order valence-corrected chi connectivity index (χ1v) is 4.11. The monoisotopic (exact) mass is 151 g/mol. The van der Waals surface area contributed by atoms with Crippen molar-refractivity contribution in [2.24, 2.45) is 10.8 Å². The van der Waals surface area contributed by atoms with Crippen molar-refractivity contribution in [3.63, 3.8) is 0 Å². The molecule has 1 aliphatic rings. The summed E-state index contributed by atoms with van der Waals surface area (Å²) in [5, 5.41) is 3.35. The molecule has 1 fully saturated rings. The second-order valence-electron chi connectivity index (χ2n) is 4.46. The number of rotatable bonds is 2. The molecule has 11 heavy (non-hydrogen) atoms. The fraction of sp³-hybridized carbons (Fsp3) is 0.800. The average molecular weight is 151 g/mol. The number of hydrogen-bond donors (Lipinski definition) is 1. The molecule has 1 N–H and O–H groups in total. The van der Waals surface area contributed by atoms with Crippen molar-refractivity contribution >= 4 is 0 Å². The van der Waals surface area contributed by atoms with Crippen LogP contribution in [0.3, 0.4) is 0 Å². The van der Waals surface area contributed by atoms with E-state index in [9.17, 15) is 0 Å². The van der Waals surface area contributed by atoms with Gasteiger partial charge in [0.1, 0.15) is 0 Å². The van der Waals surface area contributed by atoms with Crippen LogP contribution in [0.2, 0.25) is 0 Å². The van der Waals surface area contributed by atoms with Crippen LogP contribution >= 0.6 is 0 Å². The predicted octanol–water partition coefficient (Wildman–Crippen LogP) is 1.64. The molecule has 62 valence electrons. The molecule has 0 saturated heterocycles. The van der Waals surface area contributed by atoms with Crippen molar-refractivity contribution in [1.29, 1.82) is 0 Å². The summed E-state index contributed by atoms with van der Waals surface area (Å²) in [7, 11) is 0. The van der Waals surface area contributed by atoms with Crippen molar-refractivity contribution in [1.82, 2.24) is 5.32 Å². The molecule has 1 heteroatoms. The largest absolute Gasteiger partial charge is 0.302 e. The third-order valence-electron chi connectivity index (χ3n) is 3.43. The molecule has 0 aromatic carbocycles. The Balaban J connectivity index is 2.48. The quantitative estimate of drug-likeness (QED) is 0.592. The van der Waals surface area contributed by atoms with E-state index in [1.54, 1.807) is 0 Å². The first-order chi connectivity index (χ1) is 4.94. The fourth-order valence-corrected chi connectivity index (χ4v) is 1.87. The Kier molecular flexibility index (Phi) is 1.76. The highest BCUT2D eigenvalue weighted by Crippen LogP contribution is 2.62. The molecular weight excluding hydrogens is 134 g/mol. The second-order valence-corrected chi connectivity index (χ2v) is 4.46. The van der Waals surface area contributed by atoms with Gasteiger partial charge in [-0.25, -0.2) is 0 Å². The summed E-state index contributed by atoms with van der Waals surface area (Å²) in [5.74, 6) is 2.60. The van der Waals surface area contributed by atoms with Gasteiger partial charge in [-0.15, -0.1) is 6.42 Å². The molecule has 0 atom stereocenters. The molecule has 0 bridgehead atoms. The molecule has 0 aromatic heterocycles. The molecule has 0 spiro atoms. The average Bonchev–Trinajstić information content (AvgIpc) is 2.23. The summed E-state index contributed by atoms with van der Waals surface area (Å²) in [6.07, 6.45) is 5.17. The van der Waals surface area contributed by atoms with E-state index in [-0.39, 0.29) is 0 Å². The van der Waals surface area contributed by atoms with Crippen LogP contribution < -0.4 is 5.32 Å². The Labute approximate surface area is 69.6 Å². The standard InChI is InChI=1S/C10H17N/c1-6-7-11-8-9(2,3)10(8,4)5/h1,8,11H,7H2,2-5H3. The first kappa shape index (κ1) is 8.62. The van der Waals surface area contributed by atoms with E-state index in [0.29, 0.717) is 23.4 Å². The van der Waals surface area contributed by atoms with Gasteiger partial charge in [-0.1, -0.05) is 33.6 Å². The van der Waals surface area contributed by atoms with Crippen LogP contribution in [0, 0.1) is 23.2 Å². The lowest BCUT2D eigenvalue weighted by Crippen LogP contribution is -2.22. The van der Waals surface area contributed by atoms with Gasteiger partial charge in [-0.2, -0.15) is 0 Å². The minimum atomic E-state index is 0.407. The summed E-state index contributed by atoms with van der Waals surface area (Å²) in [5.41, 5.74) is 0.813. The topological polar surface area (TPSA) is 12.0 Å². The molecule has 0 unspecified atom stereocenters. The van der Waals surface area contributed by atoms with Gasteiger partial charge in [0.15, 0.2) is 0 Å². The lowest BCUT2D eigenvalue weighted by molar-refractivity contribution is 0.457. The highest BCUT2D eigenvalue weighted by atomic mass is 15.0. The second kappa shape index (κ2) is 2.25. The van der Waals surface area contributed by atoms with E-state index in [4.69, 9.17) is 6.42 Å². The van der Waals surface area contributed by atoms with Gasteiger partial charge in [-0.3, -0.25) is 0 Å². The highest BCUT2D eigenvalue weighted by molar-refractivity contribution is 5.18. The third kappa shape index (κ3) is 1.06. The number of terminal acetylenes is 1. The minimum absolute atomic E-state index is 0.407. The maximum atomic E-state index is 5.17. The highest BCUT2D eigenvalue weighted by Gasteiger charge is 2.64. The van der Waals surface area contributed by atoms with Crippen LogP contribution in [0.4, 0.5) is 0 Å². The van der Waals surface area contributed by atoms with Crippen LogP contribution in [0.25, 0.3) is 0 Å². The van der Waals surface area contributed by atoms with E-state index in [1.165, 1.54) is 0 Å². The number of nitrogens with one attached hydrogen (secondary N) is 1. The van der Waals surface area contributed by atoms with Gasteiger partial charge in [0.05, 0.1) is 6.54 Å². The fourth-order valence-electron chi connectivity index (χ4n) is 1.87. The van der Waals surface area contributed by atoms with Gasteiger partial charge in [0.2, 0.25) is 0 Å². The molecule has 0 radical (unpaired) electrons. The third-order valence-corrected chi connectivity index (χ3v) is 3.43. The van der Waals surface area contributed by atoms with Crippen LogP contribution in [0.5, 0.6) is 0 Å². The summed E-state index contributed by atoms with van der Waals surface area (Å²) >= 11 is 0. The SMILES string of the molecule is C#CCNC1C(C)(C)C1(C)C. The Morgan fingerprint density at radius 1 is 1.27 bits per heavy atom. The van der Waals surface area contributed by atoms with E-state index in [1.807, 2.05) is 0 Å². The lowest BCUT2D eigenvalue weighted by Gasteiger charge is -2.03. The number of hydrogen-bond acceptors (Lipinski definition) is 1. The Bertz CT molecular complexity index is 181. The molecular formula is C10H17N. The van der Waals surface area contributed by atoms with Crippen molar-refractivity contribution in [3.8, 4) is 12.3 Å². The van der Waals surface area contributed by atoms with Crippen molar-refractivity contribution in [2.45, 2.75) is 33.7 Å². The van der Waals surface area contributed by atoms with E-state index < -0.39 is 0 Å². The van der Waals surface area contributed by atoms with E-state index in [2.05, 4.69) is 38.9 Å². The van der Waals surface area contributed by atoms with Gasteiger partial charge >= 0.3 is 0 Å². The Hall–Kier alpha value is -0.480. The zero-order chi connectivity index (χ0) is 8.70. The molecule has 0 aromatic rings. The van der Waals surface area contributed by atoms with Crippen LogP contribution in [-0.2, 0) is 0 Å². The molecule has 1 aliphatic carbocycles. The Morgan fingerprint density at radius 2 is 1.73 bits per heavy atom. The maximum absolute atomic E-state index is 5.17. The smallest absolute Gasteiger partial charge is 0.0576 e. The van der Waals surface area contributed by atoms with Gasteiger partial charge in [0, 0.05) is 6.04 Å². The van der Waals surface area contributed by atoms with Crippen LogP contribution in [-0.4, -0.2) is 12.6 Å². The zero-order valence-corrected chi connectivity index (χ0v) is 7.86. The summed E-state index contributed by atoms with van der Waals surface area (Å²) < 4.78 is 0. The van der Waals surface area contributed by atoms with E-state index in [0.717, 1.165) is 0 Å². The first-order valence-electron chi connectivity index (χ1n) is 4.11. The zero-order valence-electron chi connectivity index (χ0n) is 7.86. The maximum Gasteiger partial charge on any atom is 0.0576 e. The van der Waals surface area contributed by atoms with Crippen LogP contribution in [0.1, 0.15) is 27.7 Å². The van der Waals surface area contributed by atoms with Crippen molar-refractivity contribution < 1.29 is 0 Å². The van der Waals surface area contributed by atoms with E-state index >= 15 is 0 Å². The molecule has 1 nitrogen and oxygen atoms in total. The van der Waals surface area contributed by atoms with Gasteiger partial charge < -0.3 is 5.32 Å². The predicted molar refractivity (Wildman–Crippen MR) is 48.2 cm³/mol. The van der Waals surface area contributed by atoms with Crippen molar-refractivity contribution in [3.05, 3.63) is 0 Å². The summed E-state index contributed by atoms with van der Waals surface area (Å²) in [6, 6.07) is 0.589. The van der Waals surface area contributed by atoms with Crippen LogP contribution in [0.15, 0.2) is 0 Å². The summed E-state index contributed by atoms with van der Waals surface area (Å²) in [6.45, 7) is 9.81. The molecule has 1 saturated carbocycles. The molecule has 0 amide bonds.